The Labute approximate surface area is 327 Å². The van der Waals surface area contributed by atoms with Gasteiger partial charge in [0, 0.05) is 57.3 Å². The lowest BCUT2D eigenvalue weighted by atomic mass is 9.97. The van der Waals surface area contributed by atoms with E-state index in [1.54, 1.807) is 0 Å². The van der Waals surface area contributed by atoms with Gasteiger partial charge in [-0.3, -0.25) is 0 Å². The molecule has 0 atom stereocenters. The first-order chi connectivity index (χ1) is 27.3. The molecule has 0 aliphatic heterocycles. The lowest BCUT2D eigenvalue weighted by Gasteiger charge is -2.28. The Balaban J connectivity index is 1.09. The van der Waals surface area contributed by atoms with Gasteiger partial charge in [-0.1, -0.05) is 146 Å². The second-order valence-electron chi connectivity index (χ2n) is 14.1. The third kappa shape index (κ3) is 5.43. The molecule has 0 aliphatic carbocycles. The minimum absolute atomic E-state index is 1.11. The van der Waals surface area contributed by atoms with E-state index in [9.17, 15) is 0 Å². The molecule has 55 heavy (non-hydrogen) atoms. The van der Waals surface area contributed by atoms with Crippen LogP contribution in [0.2, 0.25) is 0 Å². The van der Waals surface area contributed by atoms with E-state index in [0.29, 0.717) is 0 Å². The van der Waals surface area contributed by atoms with Crippen LogP contribution in [0.3, 0.4) is 0 Å². The number of hydrogen-bond acceptors (Lipinski definition) is 3. The van der Waals surface area contributed by atoms with E-state index in [4.69, 9.17) is 0 Å². The minimum Gasteiger partial charge on any atom is -0.310 e. The highest BCUT2D eigenvalue weighted by atomic mass is 32.1. The predicted molar refractivity (Wildman–Crippen MR) is 241 cm³/mol. The summed E-state index contributed by atoms with van der Waals surface area (Å²) in [5, 5.41) is 7.75. The van der Waals surface area contributed by atoms with Crippen LogP contribution in [0.4, 0.5) is 17.1 Å². The molecule has 2 aromatic heterocycles. The lowest BCUT2D eigenvalue weighted by molar-refractivity contribution is 1.28. The maximum Gasteiger partial charge on any atom is 0.0540 e. The van der Waals surface area contributed by atoms with Gasteiger partial charge in [0.05, 0.1) is 5.69 Å². The van der Waals surface area contributed by atoms with Crippen LogP contribution in [0.15, 0.2) is 200 Å². The SMILES string of the molecule is c1cc(-c2cccc3sc4ccccc4c23)cc(N(c2ccc(-c3cccc4c3sc3ccccc34)cc2)c2ccccc2-c2ccc3ccccc3c2)c1. The number of anilines is 3. The Bertz CT molecular complexity index is 3220. The summed E-state index contributed by atoms with van der Waals surface area (Å²) in [5.41, 5.74) is 10.7. The van der Waals surface area contributed by atoms with E-state index < -0.39 is 0 Å². The second kappa shape index (κ2) is 13.1. The summed E-state index contributed by atoms with van der Waals surface area (Å²) in [6.07, 6.45) is 0. The predicted octanol–water partition coefficient (Wildman–Crippen LogP) is 16.0. The average Bonchev–Trinajstić information content (AvgIpc) is 3.83. The number of para-hydroxylation sites is 1. The summed E-state index contributed by atoms with van der Waals surface area (Å²) in [7, 11) is 0. The fourth-order valence-electron chi connectivity index (χ4n) is 8.29. The molecule has 9 aromatic carbocycles. The first-order valence-electron chi connectivity index (χ1n) is 18.7. The summed E-state index contributed by atoms with van der Waals surface area (Å²) in [6, 6.07) is 73.4. The monoisotopic (exact) mass is 735 g/mol. The number of hydrogen-bond donors (Lipinski definition) is 0. The number of fused-ring (bicyclic) bond motifs is 7. The molecule has 258 valence electrons. The van der Waals surface area contributed by atoms with Crippen LogP contribution < -0.4 is 4.90 Å². The molecule has 11 rings (SSSR count). The second-order valence-corrected chi connectivity index (χ2v) is 16.2. The summed E-state index contributed by atoms with van der Waals surface area (Å²) in [4.78, 5) is 2.43. The van der Waals surface area contributed by atoms with Gasteiger partial charge in [0.15, 0.2) is 0 Å². The van der Waals surface area contributed by atoms with Crippen molar-refractivity contribution >= 4 is 90.9 Å². The molecule has 0 saturated heterocycles. The molecule has 0 fully saturated rings. The minimum atomic E-state index is 1.11. The summed E-state index contributed by atoms with van der Waals surface area (Å²) in [5.74, 6) is 0. The van der Waals surface area contributed by atoms with Crippen molar-refractivity contribution in [2.45, 2.75) is 0 Å². The summed E-state index contributed by atoms with van der Waals surface area (Å²) >= 11 is 3.75. The van der Waals surface area contributed by atoms with Crippen molar-refractivity contribution < 1.29 is 0 Å². The Kier molecular flexibility index (Phi) is 7.61. The topological polar surface area (TPSA) is 3.24 Å². The molecule has 0 saturated carbocycles. The summed E-state index contributed by atoms with van der Waals surface area (Å²) in [6.45, 7) is 0. The van der Waals surface area contributed by atoms with E-state index in [1.807, 2.05) is 22.7 Å². The van der Waals surface area contributed by atoms with Gasteiger partial charge in [-0.05, 0) is 93.2 Å². The van der Waals surface area contributed by atoms with Crippen molar-refractivity contribution in [3.05, 3.63) is 200 Å². The van der Waals surface area contributed by atoms with E-state index in [0.717, 1.165) is 17.1 Å². The number of thiophene rings is 2. The molecule has 0 aliphatic rings. The maximum atomic E-state index is 2.43. The number of nitrogens with zero attached hydrogens (tertiary/aromatic N) is 1. The van der Waals surface area contributed by atoms with Gasteiger partial charge in [-0.25, -0.2) is 0 Å². The molecule has 11 aromatic rings. The normalized spacial score (nSPS) is 11.6. The highest BCUT2D eigenvalue weighted by Gasteiger charge is 2.20. The Morgan fingerprint density at radius 1 is 0.327 bits per heavy atom. The van der Waals surface area contributed by atoms with Crippen LogP contribution in [0.25, 0.3) is 84.5 Å². The zero-order chi connectivity index (χ0) is 36.3. The van der Waals surface area contributed by atoms with E-state index in [1.165, 1.54) is 84.5 Å². The van der Waals surface area contributed by atoms with Gasteiger partial charge in [0.1, 0.15) is 0 Å². The fourth-order valence-corrected chi connectivity index (χ4v) is 10.7. The maximum absolute atomic E-state index is 2.43. The molecular formula is C52H33NS2. The largest absolute Gasteiger partial charge is 0.310 e. The molecule has 0 spiro atoms. The third-order valence-electron chi connectivity index (χ3n) is 10.9. The van der Waals surface area contributed by atoms with Crippen molar-refractivity contribution in [1.29, 1.82) is 0 Å². The van der Waals surface area contributed by atoms with Crippen LogP contribution >= 0.6 is 22.7 Å². The van der Waals surface area contributed by atoms with Gasteiger partial charge in [-0.15, -0.1) is 22.7 Å². The Morgan fingerprint density at radius 2 is 0.945 bits per heavy atom. The van der Waals surface area contributed by atoms with Crippen LogP contribution in [-0.2, 0) is 0 Å². The average molecular weight is 736 g/mol. The van der Waals surface area contributed by atoms with Crippen molar-refractivity contribution in [3.8, 4) is 33.4 Å². The highest BCUT2D eigenvalue weighted by molar-refractivity contribution is 7.26. The van der Waals surface area contributed by atoms with Crippen LogP contribution in [0.5, 0.6) is 0 Å². The van der Waals surface area contributed by atoms with Gasteiger partial charge in [0.2, 0.25) is 0 Å². The van der Waals surface area contributed by atoms with Crippen LogP contribution in [0, 0.1) is 0 Å². The molecule has 3 heteroatoms. The molecular weight excluding hydrogens is 703 g/mol. The van der Waals surface area contributed by atoms with Crippen LogP contribution in [-0.4, -0.2) is 0 Å². The van der Waals surface area contributed by atoms with Gasteiger partial charge in [0.25, 0.3) is 0 Å². The Hall–Kier alpha value is -6.52. The zero-order valence-electron chi connectivity index (χ0n) is 29.8. The molecule has 0 unspecified atom stereocenters. The molecule has 1 nitrogen and oxygen atoms in total. The van der Waals surface area contributed by atoms with E-state index in [-0.39, 0.29) is 0 Å². The van der Waals surface area contributed by atoms with E-state index >= 15 is 0 Å². The van der Waals surface area contributed by atoms with Crippen molar-refractivity contribution in [3.63, 3.8) is 0 Å². The smallest absolute Gasteiger partial charge is 0.0540 e. The molecule has 2 heterocycles. The number of rotatable bonds is 6. The van der Waals surface area contributed by atoms with Crippen molar-refractivity contribution in [1.82, 2.24) is 0 Å². The van der Waals surface area contributed by atoms with Crippen molar-refractivity contribution in [2.75, 3.05) is 4.90 Å². The highest BCUT2D eigenvalue weighted by Crippen LogP contribution is 2.46. The number of benzene rings is 9. The summed E-state index contributed by atoms with van der Waals surface area (Å²) < 4.78 is 5.28. The van der Waals surface area contributed by atoms with E-state index in [2.05, 4.69) is 205 Å². The van der Waals surface area contributed by atoms with Gasteiger partial charge >= 0.3 is 0 Å². The zero-order valence-corrected chi connectivity index (χ0v) is 31.4. The van der Waals surface area contributed by atoms with Crippen molar-refractivity contribution in [2.24, 2.45) is 0 Å². The third-order valence-corrected chi connectivity index (χ3v) is 13.2. The Morgan fingerprint density at radius 3 is 1.84 bits per heavy atom. The van der Waals surface area contributed by atoms with Crippen LogP contribution in [0.1, 0.15) is 0 Å². The lowest BCUT2D eigenvalue weighted by Crippen LogP contribution is -2.11. The molecule has 0 radical (unpaired) electrons. The quantitative estimate of drug-likeness (QED) is 0.164. The molecule has 0 amide bonds. The molecule has 0 bridgehead atoms. The molecule has 0 N–H and O–H groups in total. The van der Waals surface area contributed by atoms with Gasteiger partial charge < -0.3 is 4.90 Å². The first kappa shape index (κ1) is 32.0. The first-order valence-corrected chi connectivity index (χ1v) is 20.3. The standard InChI is InChI=1S/C52H33NS2/c1-2-13-36-32-38(27-26-34(36)12-1)41-16-3-6-22-47(41)53(39-30-28-35(29-31-39)43-20-10-21-45-44-17-4-7-23-48(44)55-52(43)45)40-15-9-14-37(33-40)42-19-11-25-50-51(42)46-18-5-8-24-49(46)54-50/h1-33H. The van der Waals surface area contributed by atoms with Gasteiger partial charge in [-0.2, -0.15) is 0 Å². The fraction of sp³-hybridized carbons (Fsp3) is 0.